The van der Waals surface area contributed by atoms with Crippen LogP contribution in [0.15, 0.2) is 53.3 Å². The predicted octanol–water partition coefficient (Wildman–Crippen LogP) is 4.95. The molecule has 0 radical (unpaired) electrons. The van der Waals surface area contributed by atoms with Gasteiger partial charge in [0, 0.05) is 11.6 Å². The van der Waals surface area contributed by atoms with Crippen LogP contribution in [0.3, 0.4) is 0 Å². The second-order valence-electron chi connectivity index (χ2n) is 7.64. The first kappa shape index (κ1) is 19.2. The molecule has 1 saturated carbocycles. The molecule has 1 fully saturated rings. The molecule has 0 aliphatic heterocycles. The molecule has 0 bridgehead atoms. The number of hydrogen-bond donors (Lipinski definition) is 2. The fourth-order valence-corrected chi connectivity index (χ4v) is 4.06. The lowest BCUT2D eigenvalue weighted by Gasteiger charge is -2.29. The maximum atomic E-state index is 14.0. The molecule has 2 aromatic carbocycles. The topological polar surface area (TPSA) is 65.2 Å². The van der Waals surface area contributed by atoms with Gasteiger partial charge in [-0.15, -0.1) is 0 Å². The number of urea groups is 1. The highest BCUT2D eigenvalue weighted by atomic mass is 19.1. The zero-order chi connectivity index (χ0) is 20.4. The van der Waals surface area contributed by atoms with Gasteiger partial charge in [-0.2, -0.15) is 0 Å². The molecule has 1 heterocycles. The minimum atomic E-state index is -0.480. The van der Waals surface area contributed by atoms with Crippen molar-refractivity contribution in [1.29, 1.82) is 0 Å². The SMILES string of the molecule is Cc1cccc2cc(CN(C(=O)Nc3ccccc3F)C3CCCC3)c(=O)[nH]c12. The fourth-order valence-electron chi connectivity index (χ4n) is 4.06. The number of fused-ring (bicyclic) bond motifs is 1. The summed E-state index contributed by atoms with van der Waals surface area (Å²) >= 11 is 0. The zero-order valence-corrected chi connectivity index (χ0v) is 16.4. The Morgan fingerprint density at radius 3 is 2.69 bits per heavy atom. The van der Waals surface area contributed by atoms with Gasteiger partial charge in [0.2, 0.25) is 0 Å². The van der Waals surface area contributed by atoms with Crippen molar-refractivity contribution in [3.8, 4) is 0 Å². The van der Waals surface area contributed by atoms with E-state index in [1.165, 1.54) is 12.1 Å². The molecule has 29 heavy (non-hydrogen) atoms. The standard InChI is InChI=1S/C23H24FN3O2/c1-15-7-6-8-16-13-17(22(28)26-21(15)16)14-27(18-9-2-3-10-18)23(29)25-20-12-5-4-11-19(20)24/h4-8,11-13,18H,2-3,9-10,14H2,1H3,(H,25,29)(H,26,28). The van der Waals surface area contributed by atoms with E-state index in [-0.39, 0.29) is 29.9 Å². The molecule has 6 heteroatoms. The quantitative estimate of drug-likeness (QED) is 0.658. The zero-order valence-electron chi connectivity index (χ0n) is 16.4. The van der Waals surface area contributed by atoms with Crippen LogP contribution in [0.25, 0.3) is 10.9 Å². The molecule has 0 atom stereocenters. The summed E-state index contributed by atoms with van der Waals surface area (Å²) in [4.78, 5) is 30.3. The number of halogens is 1. The number of aromatic nitrogens is 1. The summed E-state index contributed by atoms with van der Waals surface area (Å²) in [6.45, 7) is 2.13. The third-order valence-corrected chi connectivity index (χ3v) is 5.65. The molecule has 1 aromatic heterocycles. The van der Waals surface area contributed by atoms with Gasteiger partial charge in [0.1, 0.15) is 5.82 Å². The predicted molar refractivity (Wildman–Crippen MR) is 113 cm³/mol. The first-order valence-corrected chi connectivity index (χ1v) is 9.96. The van der Waals surface area contributed by atoms with Crippen molar-refractivity contribution >= 4 is 22.6 Å². The molecule has 1 aliphatic rings. The van der Waals surface area contributed by atoms with Crippen LogP contribution in [-0.4, -0.2) is 22.0 Å². The Morgan fingerprint density at radius 2 is 1.93 bits per heavy atom. The second-order valence-corrected chi connectivity index (χ2v) is 7.64. The highest BCUT2D eigenvalue weighted by molar-refractivity contribution is 5.90. The van der Waals surface area contributed by atoms with Gasteiger partial charge in [-0.25, -0.2) is 9.18 Å². The van der Waals surface area contributed by atoms with Gasteiger partial charge in [-0.3, -0.25) is 4.79 Å². The molecular weight excluding hydrogens is 369 g/mol. The molecule has 4 rings (SSSR count). The van der Waals surface area contributed by atoms with E-state index in [0.29, 0.717) is 5.56 Å². The number of para-hydroxylation sites is 2. The number of amides is 2. The Balaban J connectivity index is 1.65. The minimum absolute atomic E-state index is 0.0365. The fraction of sp³-hybridized carbons (Fsp3) is 0.304. The number of pyridine rings is 1. The van der Waals surface area contributed by atoms with Crippen LogP contribution in [-0.2, 0) is 6.54 Å². The van der Waals surface area contributed by atoms with Crippen LogP contribution in [0.1, 0.15) is 36.8 Å². The molecular formula is C23H24FN3O2. The molecule has 150 valence electrons. The van der Waals surface area contributed by atoms with Crippen molar-refractivity contribution in [2.24, 2.45) is 0 Å². The highest BCUT2D eigenvalue weighted by Gasteiger charge is 2.28. The monoisotopic (exact) mass is 393 g/mol. The van der Waals surface area contributed by atoms with Crippen LogP contribution in [0.5, 0.6) is 0 Å². The van der Waals surface area contributed by atoms with Crippen molar-refractivity contribution in [3.63, 3.8) is 0 Å². The number of H-pyrrole nitrogens is 1. The number of anilines is 1. The number of aryl methyl sites for hydroxylation is 1. The van der Waals surface area contributed by atoms with Crippen LogP contribution in [0.4, 0.5) is 14.9 Å². The van der Waals surface area contributed by atoms with E-state index >= 15 is 0 Å². The van der Waals surface area contributed by atoms with E-state index in [1.54, 1.807) is 17.0 Å². The van der Waals surface area contributed by atoms with E-state index in [9.17, 15) is 14.0 Å². The number of aromatic amines is 1. The van der Waals surface area contributed by atoms with E-state index in [2.05, 4.69) is 10.3 Å². The van der Waals surface area contributed by atoms with E-state index in [4.69, 9.17) is 0 Å². The molecule has 5 nitrogen and oxygen atoms in total. The lowest BCUT2D eigenvalue weighted by molar-refractivity contribution is 0.184. The molecule has 2 amide bonds. The first-order chi connectivity index (χ1) is 14.0. The summed E-state index contributed by atoms with van der Waals surface area (Å²) in [6.07, 6.45) is 3.85. The summed E-state index contributed by atoms with van der Waals surface area (Å²) in [5.74, 6) is -0.480. The van der Waals surface area contributed by atoms with Gasteiger partial charge >= 0.3 is 6.03 Å². The van der Waals surface area contributed by atoms with Gasteiger partial charge < -0.3 is 15.2 Å². The smallest absolute Gasteiger partial charge is 0.321 e. The Morgan fingerprint density at radius 1 is 1.17 bits per heavy atom. The van der Waals surface area contributed by atoms with Crippen molar-refractivity contribution in [2.75, 3.05) is 5.32 Å². The number of benzene rings is 2. The summed E-state index contributed by atoms with van der Waals surface area (Å²) in [6, 6.07) is 13.4. The Hall–Kier alpha value is -3.15. The van der Waals surface area contributed by atoms with Gasteiger partial charge in [0.05, 0.1) is 17.7 Å². The van der Waals surface area contributed by atoms with E-state index < -0.39 is 5.82 Å². The number of nitrogens with zero attached hydrogens (tertiary/aromatic N) is 1. The van der Waals surface area contributed by atoms with Crippen molar-refractivity contribution in [3.05, 3.63) is 75.8 Å². The minimum Gasteiger partial charge on any atom is -0.321 e. The van der Waals surface area contributed by atoms with Gasteiger partial charge in [0.25, 0.3) is 5.56 Å². The van der Waals surface area contributed by atoms with Gasteiger partial charge in [-0.05, 0) is 48.9 Å². The Bertz CT molecular complexity index is 1100. The average Bonchev–Trinajstić information content (AvgIpc) is 3.23. The maximum absolute atomic E-state index is 14.0. The third kappa shape index (κ3) is 4.01. The van der Waals surface area contributed by atoms with Gasteiger partial charge in [-0.1, -0.05) is 43.2 Å². The number of nitrogens with one attached hydrogen (secondary N) is 2. The van der Waals surface area contributed by atoms with Crippen molar-refractivity contribution < 1.29 is 9.18 Å². The Labute approximate surface area is 168 Å². The summed E-state index contributed by atoms with van der Waals surface area (Å²) in [7, 11) is 0. The molecule has 0 spiro atoms. The summed E-state index contributed by atoms with van der Waals surface area (Å²) in [5, 5.41) is 3.60. The normalized spacial score (nSPS) is 14.3. The molecule has 2 N–H and O–H groups in total. The lowest BCUT2D eigenvalue weighted by Crippen LogP contribution is -2.42. The van der Waals surface area contributed by atoms with Crippen LogP contribution >= 0.6 is 0 Å². The van der Waals surface area contributed by atoms with Crippen LogP contribution in [0.2, 0.25) is 0 Å². The Kier molecular flexibility index (Phi) is 5.34. The van der Waals surface area contributed by atoms with E-state index in [1.807, 2.05) is 31.2 Å². The number of hydrogen-bond acceptors (Lipinski definition) is 2. The number of carbonyl (C=O) groups is 1. The molecule has 0 saturated heterocycles. The first-order valence-electron chi connectivity index (χ1n) is 9.96. The average molecular weight is 393 g/mol. The van der Waals surface area contributed by atoms with Crippen LogP contribution in [0, 0.1) is 12.7 Å². The summed E-state index contributed by atoms with van der Waals surface area (Å²) < 4.78 is 14.0. The van der Waals surface area contributed by atoms with Crippen LogP contribution < -0.4 is 10.9 Å². The second kappa shape index (κ2) is 8.07. The number of rotatable bonds is 4. The number of carbonyl (C=O) groups excluding carboxylic acids is 1. The molecule has 3 aromatic rings. The van der Waals surface area contributed by atoms with E-state index in [0.717, 1.165) is 42.1 Å². The van der Waals surface area contributed by atoms with Gasteiger partial charge in [0.15, 0.2) is 0 Å². The highest BCUT2D eigenvalue weighted by Crippen LogP contribution is 2.26. The summed E-state index contributed by atoms with van der Waals surface area (Å²) in [5.41, 5.74) is 2.27. The maximum Gasteiger partial charge on any atom is 0.322 e. The third-order valence-electron chi connectivity index (χ3n) is 5.65. The molecule has 1 aliphatic carbocycles. The lowest BCUT2D eigenvalue weighted by atomic mass is 10.1. The molecule has 0 unspecified atom stereocenters. The van der Waals surface area contributed by atoms with Crippen molar-refractivity contribution in [2.45, 2.75) is 45.2 Å². The largest absolute Gasteiger partial charge is 0.322 e. The van der Waals surface area contributed by atoms with Crippen molar-refractivity contribution in [1.82, 2.24) is 9.88 Å².